The average Bonchev–Trinajstić information content (AvgIpc) is 3.01. The monoisotopic (exact) mass is 383 g/mol. The predicted octanol–water partition coefficient (Wildman–Crippen LogP) is 4.57. The van der Waals surface area contributed by atoms with Gasteiger partial charge in [0, 0.05) is 10.8 Å². The molecule has 0 aliphatic rings. The van der Waals surface area contributed by atoms with Crippen LogP contribution in [-0.2, 0) is 4.79 Å². The van der Waals surface area contributed by atoms with Gasteiger partial charge in [0.1, 0.15) is 5.75 Å². The van der Waals surface area contributed by atoms with E-state index < -0.39 is 6.10 Å². The summed E-state index contributed by atoms with van der Waals surface area (Å²) < 4.78 is 6.56. The van der Waals surface area contributed by atoms with Gasteiger partial charge in [-0.15, -0.1) is 16.8 Å². The lowest BCUT2D eigenvalue weighted by Crippen LogP contribution is -2.32. The first-order valence-corrected chi connectivity index (χ1v) is 9.52. The SMILES string of the molecule is C=CCSc1nnc(NC(=O)[C@@H](CC)Oc2ccc(Cl)c(C)c2)s1. The highest BCUT2D eigenvalue weighted by atomic mass is 35.5. The van der Waals surface area contributed by atoms with Crippen LogP contribution >= 0.6 is 34.7 Å². The maximum atomic E-state index is 12.4. The number of rotatable bonds is 8. The molecule has 0 aliphatic carbocycles. The molecule has 0 unspecified atom stereocenters. The van der Waals surface area contributed by atoms with E-state index in [1.165, 1.54) is 23.1 Å². The van der Waals surface area contributed by atoms with Crippen molar-refractivity contribution in [2.45, 2.75) is 30.7 Å². The molecule has 5 nitrogen and oxygen atoms in total. The van der Waals surface area contributed by atoms with Gasteiger partial charge in [0.05, 0.1) is 0 Å². The number of carbonyl (C=O) groups is 1. The van der Waals surface area contributed by atoms with Crippen LogP contribution in [0.1, 0.15) is 18.9 Å². The van der Waals surface area contributed by atoms with Crippen LogP contribution in [0, 0.1) is 6.92 Å². The van der Waals surface area contributed by atoms with Crippen LogP contribution in [-0.4, -0.2) is 28.0 Å². The second-order valence-corrected chi connectivity index (χ2v) is 7.54. The number of carbonyl (C=O) groups excluding carboxylic acids is 1. The number of thioether (sulfide) groups is 1. The first kappa shape index (κ1) is 18.8. The van der Waals surface area contributed by atoms with Gasteiger partial charge in [-0.3, -0.25) is 10.1 Å². The molecule has 0 spiro atoms. The quantitative estimate of drug-likeness (QED) is 0.411. The van der Waals surface area contributed by atoms with Gasteiger partial charge in [-0.05, 0) is 37.1 Å². The Morgan fingerprint density at radius 3 is 3.00 bits per heavy atom. The molecule has 128 valence electrons. The molecule has 1 atom stereocenters. The average molecular weight is 384 g/mol. The van der Waals surface area contributed by atoms with Gasteiger partial charge in [0.25, 0.3) is 5.91 Å². The van der Waals surface area contributed by atoms with Crippen LogP contribution in [0.25, 0.3) is 0 Å². The zero-order valence-corrected chi connectivity index (χ0v) is 15.8. The van der Waals surface area contributed by atoms with Crippen molar-refractivity contribution in [2.24, 2.45) is 0 Å². The fourth-order valence-electron chi connectivity index (χ4n) is 1.81. The van der Waals surface area contributed by atoms with Gasteiger partial charge in [-0.2, -0.15) is 0 Å². The minimum absolute atomic E-state index is 0.249. The largest absolute Gasteiger partial charge is 0.481 e. The molecule has 0 fully saturated rings. The molecule has 1 N–H and O–H groups in total. The molecule has 0 bridgehead atoms. The minimum Gasteiger partial charge on any atom is -0.481 e. The van der Waals surface area contributed by atoms with Crippen molar-refractivity contribution in [3.05, 3.63) is 41.4 Å². The van der Waals surface area contributed by atoms with Crippen molar-refractivity contribution in [3.8, 4) is 5.75 Å². The fraction of sp³-hybridized carbons (Fsp3) is 0.312. The molecule has 2 aromatic rings. The number of halogens is 1. The molecule has 8 heteroatoms. The lowest BCUT2D eigenvalue weighted by Gasteiger charge is -2.16. The number of ether oxygens (including phenoxy) is 1. The smallest absolute Gasteiger partial charge is 0.267 e. The Balaban J connectivity index is 1.99. The second kappa shape index (κ2) is 9.05. The zero-order chi connectivity index (χ0) is 17.5. The summed E-state index contributed by atoms with van der Waals surface area (Å²) in [6.07, 6.45) is 1.71. The van der Waals surface area contributed by atoms with E-state index in [0.717, 1.165) is 15.7 Å². The molecule has 24 heavy (non-hydrogen) atoms. The molecular formula is C16H18ClN3O2S2. The number of nitrogens with one attached hydrogen (secondary N) is 1. The van der Waals surface area contributed by atoms with Crippen LogP contribution in [0.3, 0.4) is 0 Å². The Labute approximate surface area is 154 Å². The van der Waals surface area contributed by atoms with Crippen molar-refractivity contribution in [1.29, 1.82) is 0 Å². The van der Waals surface area contributed by atoms with E-state index in [-0.39, 0.29) is 5.91 Å². The summed E-state index contributed by atoms with van der Waals surface area (Å²) in [5.41, 5.74) is 0.900. The van der Waals surface area contributed by atoms with Crippen molar-refractivity contribution in [3.63, 3.8) is 0 Å². The zero-order valence-electron chi connectivity index (χ0n) is 13.4. The van der Waals surface area contributed by atoms with Crippen molar-refractivity contribution >= 4 is 45.7 Å². The first-order chi connectivity index (χ1) is 11.5. The molecule has 0 radical (unpaired) electrons. The summed E-state index contributed by atoms with van der Waals surface area (Å²) in [4.78, 5) is 12.4. The maximum Gasteiger partial charge on any atom is 0.267 e. The van der Waals surface area contributed by atoms with Crippen LogP contribution in [0.4, 0.5) is 5.13 Å². The van der Waals surface area contributed by atoms with Crippen molar-refractivity contribution < 1.29 is 9.53 Å². The fourth-order valence-corrected chi connectivity index (χ4v) is 3.45. The number of benzene rings is 1. The molecule has 0 saturated heterocycles. The van der Waals surface area contributed by atoms with E-state index in [2.05, 4.69) is 22.1 Å². The molecular weight excluding hydrogens is 366 g/mol. The Morgan fingerprint density at radius 2 is 2.33 bits per heavy atom. The molecule has 1 amide bonds. The van der Waals surface area contributed by atoms with Crippen LogP contribution in [0.5, 0.6) is 5.75 Å². The van der Waals surface area contributed by atoms with E-state index in [1.54, 1.807) is 18.2 Å². The van der Waals surface area contributed by atoms with Gasteiger partial charge in [0.2, 0.25) is 5.13 Å². The second-order valence-electron chi connectivity index (χ2n) is 4.89. The van der Waals surface area contributed by atoms with Crippen LogP contribution < -0.4 is 10.1 Å². The van der Waals surface area contributed by atoms with Crippen molar-refractivity contribution in [2.75, 3.05) is 11.1 Å². The van der Waals surface area contributed by atoms with E-state index in [4.69, 9.17) is 16.3 Å². The van der Waals surface area contributed by atoms with E-state index in [0.29, 0.717) is 22.3 Å². The summed E-state index contributed by atoms with van der Waals surface area (Å²) in [5.74, 6) is 1.11. The number of aryl methyl sites for hydroxylation is 1. The summed E-state index contributed by atoms with van der Waals surface area (Å²) in [7, 11) is 0. The van der Waals surface area contributed by atoms with Gasteiger partial charge in [-0.1, -0.05) is 47.7 Å². The lowest BCUT2D eigenvalue weighted by atomic mass is 10.2. The summed E-state index contributed by atoms with van der Waals surface area (Å²) >= 11 is 8.85. The highest BCUT2D eigenvalue weighted by molar-refractivity contribution is 8.01. The highest BCUT2D eigenvalue weighted by Crippen LogP contribution is 2.26. The molecule has 1 heterocycles. The summed E-state index contributed by atoms with van der Waals surface area (Å²) in [6, 6.07) is 5.32. The molecule has 1 aromatic carbocycles. The summed E-state index contributed by atoms with van der Waals surface area (Å²) in [5, 5.41) is 11.9. The Hall–Kier alpha value is -1.57. The standard InChI is InChI=1S/C16H18ClN3O2S2/c1-4-8-23-16-20-19-15(24-16)18-14(21)13(5-2)22-11-6-7-12(17)10(3)9-11/h4,6-7,9,13H,1,5,8H2,2-3H3,(H,18,19,21)/t13-/m1/s1. The Morgan fingerprint density at radius 1 is 1.54 bits per heavy atom. The number of aromatic nitrogens is 2. The van der Waals surface area contributed by atoms with E-state index in [9.17, 15) is 4.79 Å². The molecule has 0 saturated carbocycles. The summed E-state index contributed by atoms with van der Waals surface area (Å²) in [6.45, 7) is 7.43. The third-order valence-electron chi connectivity index (χ3n) is 3.03. The number of hydrogen-bond donors (Lipinski definition) is 1. The van der Waals surface area contributed by atoms with Gasteiger partial charge in [0.15, 0.2) is 10.4 Å². The van der Waals surface area contributed by atoms with E-state index in [1.807, 2.05) is 19.9 Å². The Bertz CT molecular complexity index is 721. The first-order valence-electron chi connectivity index (χ1n) is 7.34. The Kier molecular flexibility index (Phi) is 7.08. The van der Waals surface area contributed by atoms with Crippen LogP contribution in [0.2, 0.25) is 5.02 Å². The highest BCUT2D eigenvalue weighted by Gasteiger charge is 2.20. The van der Waals surface area contributed by atoms with Gasteiger partial charge < -0.3 is 4.74 Å². The number of nitrogens with zero attached hydrogens (tertiary/aromatic N) is 2. The number of amides is 1. The van der Waals surface area contributed by atoms with Gasteiger partial charge in [-0.25, -0.2) is 0 Å². The third kappa shape index (κ3) is 5.22. The van der Waals surface area contributed by atoms with Gasteiger partial charge >= 0.3 is 0 Å². The minimum atomic E-state index is -0.612. The van der Waals surface area contributed by atoms with Crippen LogP contribution in [0.15, 0.2) is 35.2 Å². The normalized spacial score (nSPS) is 11.8. The van der Waals surface area contributed by atoms with Crippen molar-refractivity contribution in [1.82, 2.24) is 10.2 Å². The number of anilines is 1. The topological polar surface area (TPSA) is 64.1 Å². The third-order valence-corrected chi connectivity index (χ3v) is 5.42. The molecule has 0 aliphatic heterocycles. The lowest BCUT2D eigenvalue weighted by molar-refractivity contribution is -0.122. The molecule has 2 rings (SSSR count). The van der Waals surface area contributed by atoms with E-state index >= 15 is 0 Å². The number of hydrogen-bond acceptors (Lipinski definition) is 6. The maximum absolute atomic E-state index is 12.4. The molecule has 1 aromatic heterocycles. The predicted molar refractivity (Wildman–Crippen MR) is 100 cm³/mol.